The maximum atomic E-state index is 11.8. The lowest BCUT2D eigenvalue weighted by atomic mass is 9.97. The van der Waals surface area contributed by atoms with Crippen LogP contribution < -0.4 is 10.6 Å². The minimum atomic E-state index is -0.138. The fraction of sp³-hybridized carbons (Fsp3) is 0.444. The van der Waals surface area contributed by atoms with E-state index in [1.54, 1.807) is 12.1 Å². The van der Waals surface area contributed by atoms with Gasteiger partial charge in [0.1, 0.15) is 0 Å². The van der Waals surface area contributed by atoms with Crippen LogP contribution in [-0.4, -0.2) is 24.9 Å². The van der Waals surface area contributed by atoms with E-state index in [0.717, 1.165) is 6.42 Å². The summed E-state index contributed by atoms with van der Waals surface area (Å²) in [5.74, 6) is -0.148. The van der Waals surface area contributed by atoms with Gasteiger partial charge in [0.05, 0.1) is 0 Å². The minimum absolute atomic E-state index is 0.00947. The fourth-order valence-electron chi connectivity index (χ4n) is 2.56. The zero-order valence-electron chi connectivity index (χ0n) is 12.9. The second-order valence-corrected chi connectivity index (χ2v) is 5.58. The third kappa shape index (κ3) is 5.72. The van der Waals surface area contributed by atoms with Gasteiger partial charge < -0.3 is 10.6 Å². The molecule has 1 aromatic carbocycles. The normalized spacial score (nSPS) is 14.1. The van der Waals surface area contributed by atoms with Gasteiger partial charge in [0.25, 0.3) is 5.91 Å². The average Bonchev–Trinajstić information content (AvgIpc) is 2.56. The molecule has 0 aromatic heterocycles. The smallest absolute Gasteiger partial charge is 0.251 e. The molecule has 2 rings (SSSR count). The maximum Gasteiger partial charge on any atom is 0.251 e. The van der Waals surface area contributed by atoms with Crippen molar-refractivity contribution in [3.63, 3.8) is 0 Å². The van der Waals surface area contributed by atoms with E-state index < -0.39 is 0 Å². The quantitative estimate of drug-likeness (QED) is 0.761. The van der Waals surface area contributed by atoms with Crippen LogP contribution in [0.4, 0.5) is 0 Å². The molecule has 1 aromatic rings. The first-order chi connectivity index (χ1) is 10.8. The second-order valence-electron chi connectivity index (χ2n) is 5.58. The van der Waals surface area contributed by atoms with E-state index in [4.69, 9.17) is 0 Å². The monoisotopic (exact) mass is 300 g/mol. The van der Waals surface area contributed by atoms with Gasteiger partial charge in [-0.15, -0.1) is 0 Å². The summed E-state index contributed by atoms with van der Waals surface area (Å²) in [6.45, 7) is 1.06. The number of carbonyl (C=O) groups is 2. The lowest BCUT2D eigenvalue weighted by Gasteiger charge is -2.13. The topological polar surface area (TPSA) is 58.2 Å². The molecule has 0 unspecified atom stereocenters. The van der Waals surface area contributed by atoms with Gasteiger partial charge in [0.2, 0.25) is 5.91 Å². The summed E-state index contributed by atoms with van der Waals surface area (Å²) in [4.78, 5) is 23.5. The van der Waals surface area contributed by atoms with Crippen molar-refractivity contribution in [3.8, 4) is 0 Å². The molecule has 118 valence electrons. The van der Waals surface area contributed by atoms with E-state index >= 15 is 0 Å². The molecule has 0 saturated heterocycles. The molecular formula is C18H24N2O2. The number of benzene rings is 1. The SMILES string of the molecule is O=C(CCNC(=O)c1ccccc1)NCCC1=CCCCC1. The van der Waals surface area contributed by atoms with Crippen LogP contribution in [0.3, 0.4) is 0 Å². The van der Waals surface area contributed by atoms with Crippen LogP contribution in [0.15, 0.2) is 42.0 Å². The Hall–Kier alpha value is -2.10. The van der Waals surface area contributed by atoms with Crippen molar-refractivity contribution >= 4 is 11.8 Å². The predicted octanol–water partition coefficient (Wildman–Crippen LogP) is 2.81. The van der Waals surface area contributed by atoms with Crippen molar-refractivity contribution in [2.24, 2.45) is 0 Å². The number of hydrogen-bond donors (Lipinski definition) is 2. The highest BCUT2D eigenvalue weighted by atomic mass is 16.2. The fourth-order valence-corrected chi connectivity index (χ4v) is 2.56. The predicted molar refractivity (Wildman–Crippen MR) is 87.6 cm³/mol. The Morgan fingerprint density at radius 1 is 1.00 bits per heavy atom. The number of nitrogens with one attached hydrogen (secondary N) is 2. The lowest BCUT2D eigenvalue weighted by molar-refractivity contribution is -0.120. The van der Waals surface area contributed by atoms with Crippen molar-refractivity contribution in [2.75, 3.05) is 13.1 Å². The van der Waals surface area contributed by atoms with Crippen molar-refractivity contribution in [3.05, 3.63) is 47.5 Å². The molecule has 0 bridgehead atoms. The lowest BCUT2D eigenvalue weighted by Crippen LogP contribution is -2.31. The largest absolute Gasteiger partial charge is 0.356 e. The van der Waals surface area contributed by atoms with E-state index in [1.165, 1.54) is 31.3 Å². The van der Waals surface area contributed by atoms with Crippen LogP contribution >= 0.6 is 0 Å². The zero-order chi connectivity index (χ0) is 15.6. The molecule has 0 saturated carbocycles. The average molecular weight is 300 g/mol. The summed E-state index contributed by atoms with van der Waals surface area (Å²) >= 11 is 0. The molecule has 22 heavy (non-hydrogen) atoms. The van der Waals surface area contributed by atoms with Crippen molar-refractivity contribution < 1.29 is 9.59 Å². The highest BCUT2D eigenvalue weighted by molar-refractivity contribution is 5.94. The molecule has 4 nitrogen and oxygen atoms in total. The van der Waals surface area contributed by atoms with Gasteiger partial charge in [-0.25, -0.2) is 0 Å². The van der Waals surface area contributed by atoms with E-state index in [9.17, 15) is 9.59 Å². The third-order valence-electron chi connectivity index (χ3n) is 3.83. The van der Waals surface area contributed by atoms with Crippen molar-refractivity contribution in [2.45, 2.75) is 38.5 Å². The van der Waals surface area contributed by atoms with E-state index in [-0.39, 0.29) is 11.8 Å². The van der Waals surface area contributed by atoms with Gasteiger partial charge in [-0.2, -0.15) is 0 Å². The summed E-state index contributed by atoms with van der Waals surface area (Å²) < 4.78 is 0. The minimum Gasteiger partial charge on any atom is -0.356 e. The van der Waals surface area contributed by atoms with Crippen LogP contribution in [0.2, 0.25) is 0 Å². The number of carbonyl (C=O) groups excluding carboxylic acids is 2. The Balaban J connectivity index is 1.57. The molecule has 0 atom stereocenters. The standard InChI is InChI=1S/C18H24N2O2/c21-17(19-13-11-15-7-3-1-4-8-15)12-14-20-18(22)16-9-5-2-6-10-16/h2,5-7,9-10H,1,3-4,8,11-14H2,(H,19,21)(H,20,22). The van der Waals surface area contributed by atoms with Gasteiger partial charge in [0.15, 0.2) is 0 Å². The molecule has 0 fully saturated rings. The third-order valence-corrected chi connectivity index (χ3v) is 3.83. The molecule has 2 amide bonds. The molecular weight excluding hydrogens is 276 g/mol. The Morgan fingerprint density at radius 3 is 2.55 bits per heavy atom. The first-order valence-electron chi connectivity index (χ1n) is 8.03. The van der Waals surface area contributed by atoms with Gasteiger partial charge in [-0.1, -0.05) is 29.8 Å². The molecule has 1 aliphatic carbocycles. The van der Waals surface area contributed by atoms with Crippen LogP contribution in [0.25, 0.3) is 0 Å². The van der Waals surface area contributed by atoms with Gasteiger partial charge >= 0.3 is 0 Å². The summed E-state index contributed by atoms with van der Waals surface area (Å²) in [5.41, 5.74) is 2.08. The Labute approximate surface area is 132 Å². The second kappa shape index (κ2) is 9.03. The van der Waals surface area contributed by atoms with E-state index in [2.05, 4.69) is 16.7 Å². The molecule has 0 heterocycles. The van der Waals surface area contributed by atoms with Crippen LogP contribution in [0, 0.1) is 0 Å². The zero-order valence-corrected chi connectivity index (χ0v) is 12.9. The summed E-state index contributed by atoms with van der Waals surface area (Å²) in [7, 11) is 0. The number of hydrogen-bond acceptors (Lipinski definition) is 2. The molecule has 1 aliphatic rings. The highest BCUT2D eigenvalue weighted by Crippen LogP contribution is 2.19. The Morgan fingerprint density at radius 2 is 1.82 bits per heavy atom. The Bertz CT molecular complexity index is 523. The summed E-state index contributed by atoms with van der Waals surface area (Å²) in [5, 5.41) is 5.67. The van der Waals surface area contributed by atoms with Crippen LogP contribution in [-0.2, 0) is 4.79 Å². The number of rotatable bonds is 7. The summed E-state index contributed by atoms with van der Waals surface area (Å²) in [6.07, 6.45) is 8.47. The Kier molecular flexibility index (Phi) is 6.68. The van der Waals surface area contributed by atoms with Crippen molar-refractivity contribution in [1.29, 1.82) is 0 Å². The first kappa shape index (κ1) is 16.3. The highest BCUT2D eigenvalue weighted by Gasteiger charge is 2.07. The van der Waals surface area contributed by atoms with Crippen LogP contribution in [0.1, 0.15) is 48.9 Å². The van der Waals surface area contributed by atoms with Gasteiger partial charge in [-0.05, 0) is 44.2 Å². The van der Waals surface area contributed by atoms with Crippen molar-refractivity contribution in [1.82, 2.24) is 10.6 Å². The first-order valence-corrected chi connectivity index (χ1v) is 8.03. The van der Waals surface area contributed by atoms with Crippen LogP contribution in [0.5, 0.6) is 0 Å². The molecule has 4 heteroatoms. The molecule has 0 aliphatic heterocycles. The van der Waals surface area contributed by atoms with Gasteiger partial charge in [0, 0.05) is 25.1 Å². The number of allylic oxidation sites excluding steroid dienone is 1. The molecule has 0 spiro atoms. The number of amides is 2. The molecule has 2 N–H and O–H groups in total. The van der Waals surface area contributed by atoms with E-state index in [0.29, 0.717) is 25.1 Å². The molecule has 0 radical (unpaired) electrons. The van der Waals surface area contributed by atoms with Gasteiger partial charge in [-0.3, -0.25) is 9.59 Å². The maximum absolute atomic E-state index is 11.8. The summed E-state index contributed by atoms with van der Waals surface area (Å²) in [6, 6.07) is 9.02. The van der Waals surface area contributed by atoms with E-state index in [1.807, 2.05) is 18.2 Å².